The molecule has 3 heterocycles. The number of hydrogen-bond donors (Lipinski definition) is 1. The van der Waals surface area contributed by atoms with E-state index in [4.69, 9.17) is 0 Å². The van der Waals surface area contributed by atoms with E-state index in [1.165, 1.54) is 10.9 Å². The highest BCUT2D eigenvalue weighted by molar-refractivity contribution is 7.91. The van der Waals surface area contributed by atoms with Crippen molar-refractivity contribution in [2.24, 2.45) is 0 Å². The number of para-hydroxylation sites is 1. The molecule has 1 amide bonds. The van der Waals surface area contributed by atoms with Gasteiger partial charge in [0.25, 0.3) is 5.56 Å². The maximum atomic E-state index is 12.7. The van der Waals surface area contributed by atoms with Crippen molar-refractivity contribution in [2.45, 2.75) is 39.3 Å². The van der Waals surface area contributed by atoms with Crippen molar-refractivity contribution < 1.29 is 13.2 Å². The Bertz CT molecular complexity index is 1290. The molecule has 9 nitrogen and oxygen atoms in total. The summed E-state index contributed by atoms with van der Waals surface area (Å²) in [4.78, 5) is 29.5. The zero-order chi connectivity index (χ0) is 21.5. The number of carbonyl (C=O) groups excluding carboxylic acids is 1. The fraction of sp³-hybridized carbons (Fsp3) is 0.400. The van der Waals surface area contributed by atoms with Gasteiger partial charge >= 0.3 is 0 Å². The van der Waals surface area contributed by atoms with Crippen LogP contribution in [0.1, 0.15) is 30.1 Å². The van der Waals surface area contributed by atoms with Gasteiger partial charge in [0.1, 0.15) is 5.82 Å². The number of sulfone groups is 1. The quantitative estimate of drug-likeness (QED) is 0.659. The highest BCUT2D eigenvalue weighted by atomic mass is 32.2. The lowest BCUT2D eigenvalue weighted by Crippen LogP contribution is -2.25. The second kappa shape index (κ2) is 7.67. The first kappa shape index (κ1) is 20.3. The zero-order valence-corrected chi connectivity index (χ0v) is 17.6. The van der Waals surface area contributed by atoms with E-state index in [2.05, 4.69) is 15.4 Å². The van der Waals surface area contributed by atoms with Gasteiger partial charge in [-0.3, -0.25) is 14.2 Å². The number of benzene rings is 1. The van der Waals surface area contributed by atoms with Gasteiger partial charge in [-0.25, -0.2) is 18.1 Å². The average molecular weight is 430 g/mol. The Hall–Kier alpha value is -3.01. The molecule has 1 fully saturated rings. The summed E-state index contributed by atoms with van der Waals surface area (Å²) in [7, 11) is -3.07. The Morgan fingerprint density at radius 2 is 2.10 bits per heavy atom. The number of nitrogens with zero attached hydrogens (tertiary/aromatic N) is 4. The summed E-state index contributed by atoms with van der Waals surface area (Å²) < 4.78 is 26.6. The van der Waals surface area contributed by atoms with Crippen LogP contribution in [0.15, 0.2) is 35.4 Å². The first-order valence-corrected chi connectivity index (χ1v) is 11.6. The highest BCUT2D eigenvalue weighted by Crippen LogP contribution is 2.27. The molecule has 1 aliphatic rings. The van der Waals surface area contributed by atoms with Gasteiger partial charge < -0.3 is 5.32 Å². The average Bonchev–Trinajstić information content (AvgIpc) is 3.23. The van der Waals surface area contributed by atoms with Gasteiger partial charge in [0.2, 0.25) is 5.91 Å². The van der Waals surface area contributed by atoms with Crippen LogP contribution in [-0.4, -0.2) is 45.2 Å². The van der Waals surface area contributed by atoms with Crippen LogP contribution in [0.25, 0.3) is 10.9 Å². The van der Waals surface area contributed by atoms with Crippen LogP contribution in [0.4, 0.5) is 5.82 Å². The number of fused-ring (bicyclic) bond motifs is 1. The van der Waals surface area contributed by atoms with Crippen LogP contribution in [0.2, 0.25) is 0 Å². The van der Waals surface area contributed by atoms with Gasteiger partial charge in [-0.2, -0.15) is 5.10 Å². The summed E-state index contributed by atoms with van der Waals surface area (Å²) in [6.07, 6.45) is 2.01. The molecule has 1 N–H and O–H groups in total. The van der Waals surface area contributed by atoms with Crippen molar-refractivity contribution >= 4 is 32.5 Å². The van der Waals surface area contributed by atoms with Gasteiger partial charge in [-0.15, -0.1) is 0 Å². The van der Waals surface area contributed by atoms with E-state index in [0.29, 0.717) is 28.8 Å². The number of rotatable bonds is 5. The summed E-state index contributed by atoms with van der Waals surface area (Å²) in [5, 5.41) is 7.68. The SMILES string of the molecule is Cc1cc(NC(=O)CCn2cnc3c(C)cccc3c2=O)n(C2CCS(=O)(=O)C2)n1. The van der Waals surface area contributed by atoms with Crippen LogP contribution in [0.3, 0.4) is 0 Å². The predicted molar refractivity (Wildman–Crippen MR) is 113 cm³/mol. The van der Waals surface area contributed by atoms with Crippen LogP contribution < -0.4 is 10.9 Å². The molecule has 1 aromatic carbocycles. The van der Waals surface area contributed by atoms with Crippen molar-refractivity contribution in [1.82, 2.24) is 19.3 Å². The molecule has 3 aromatic rings. The maximum Gasteiger partial charge on any atom is 0.261 e. The molecule has 30 heavy (non-hydrogen) atoms. The van der Waals surface area contributed by atoms with E-state index in [-0.39, 0.29) is 42.0 Å². The van der Waals surface area contributed by atoms with E-state index in [1.807, 2.05) is 19.1 Å². The molecular weight excluding hydrogens is 406 g/mol. The lowest BCUT2D eigenvalue weighted by atomic mass is 10.1. The Labute approximate surface area is 173 Å². The molecule has 1 saturated heterocycles. The van der Waals surface area contributed by atoms with Crippen LogP contribution >= 0.6 is 0 Å². The van der Waals surface area contributed by atoms with Crippen molar-refractivity contribution in [1.29, 1.82) is 0 Å². The van der Waals surface area contributed by atoms with Crippen LogP contribution in [0, 0.1) is 13.8 Å². The third kappa shape index (κ3) is 4.00. The van der Waals surface area contributed by atoms with Crippen molar-refractivity contribution in [3.8, 4) is 0 Å². The molecule has 0 bridgehead atoms. The number of carbonyl (C=O) groups is 1. The summed E-state index contributed by atoms with van der Waals surface area (Å²) in [6, 6.07) is 6.87. The summed E-state index contributed by atoms with van der Waals surface area (Å²) in [5.74, 6) is 0.336. The summed E-state index contributed by atoms with van der Waals surface area (Å²) in [6.45, 7) is 3.87. The van der Waals surface area contributed by atoms with Gasteiger partial charge in [-0.05, 0) is 31.9 Å². The molecular formula is C20H23N5O4S. The summed E-state index contributed by atoms with van der Waals surface area (Å²) in [5.41, 5.74) is 2.09. The Kier molecular flexibility index (Phi) is 5.19. The highest BCUT2D eigenvalue weighted by Gasteiger charge is 2.31. The third-order valence-corrected chi connectivity index (χ3v) is 7.07. The lowest BCUT2D eigenvalue weighted by molar-refractivity contribution is -0.116. The van der Waals surface area contributed by atoms with E-state index in [0.717, 1.165) is 5.56 Å². The summed E-state index contributed by atoms with van der Waals surface area (Å²) >= 11 is 0. The number of aromatic nitrogens is 4. The number of anilines is 1. The second-order valence-electron chi connectivity index (χ2n) is 7.68. The topological polar surface area (TPSA) is 116 Å². The van der Waals surface area contributed by atoms with Crippen molar-refractivity contribution in [3.05, 3.63) is 52.2 Å². The molecule has 0 aliphatic carbocycles. The van der Waals surface area contributed by atoms with Crippen molar-refractivity contribution in [2.75, 3.05) is 16.8 Å². The van der Waals surface area contributed by atoms with Gasteiger partial charge in [0.05, 0.1) is 40.5 Å². The number of nitrogens with one attached hydrogen (secondary N) is 1. The van der Waals surface area contributed by atoms with E-state index < -0.39 is 9.84 Å². The first-order valence-electron chi connectivity index (χ1n) is 9.75. The zero-order valence-electron chi connectivity index (χ0n) is 16.8. The minimum atomic E-state index is -3.07. The van der Waals surface area contributed by atoms with Crippen LogP contribution in [-0.2, 0) is 21.2 Å². The lowest BCUT2D eigenvalue weighted by Gasteiger charge is -2.14. The van der Waals surface area contributed by atoms with E-state index >= 15 is 0 Å². The minimum absolute atomic E-state index is 0.0224. The molecule has 10 heteroatoms. The number of aryl methyl sites for hydroxylation is 3. The Morgan fingerprint density at radius 1 is 1.30 bits per heavy atom. The molecule has 1 unspecified atom stereocenters. The maximum absolute atomic E-state index is 12.7. The molecule has 2 aromatic heterocycles. The van der Waals surface area contributed by atoms with Crippen LogP contribution in [0.5, 0.6) is 0 Å². The third-order valence-electron chi connectivity index (χ3n) is 5.31. The monoisotopic (exact) mass is 429 g/mol. The fourth-order valence-electron chi connectivity index (χ4n) is 3.78. The molecule has 158 valence electrons. The molecule has 0 spiro atoms. The molecule has 1 aliphatic heterocycles. The molecule has 0 radical (unpaired) electrons. The number of hydrogen-bond acceptors (Lipinski definition) is 6. The molecule has 1 atom stereocenters. The molecule has 4 rings (SSSR count). The normalized spacial score (nSPS) is 18.0. The van der Waals surface area contributed by atoms with Gasteiger partial charge in [-0.1, -0.05) is 12.1 Å². The Morgan fingerprint density at radius 3 is 2.83 bits per heavy atom. The molecule has 0 saturated carbocycles. The van der Waals surface area contributed by atoms with Crippen molar-refractivity contribution in [3.63, 3.8) is 0 Å². The standard InChI is InChI=1S/C20H23N5O4S/c1-13-4-3-5-16-19(13)21-12-24(20(16)27)8-6-18(26)22-17-10-14(2)23-25(17)15-7-9-30(28,29)11-15/h3-5,10,12,15H,6-9,11H2,1-2H3,(H,22,26). The van der Waals surface area contributed by atoms with E-state index in [9.17, 15) is 18.0 Å². The second-order valence-corrected chi connectivity index (χ2v) is 9.91. The van der Waals surface area contributed by atoms with E-state index in [1.54, 1.807) is 23.7 Å². The smallest absolute Gasteiger partial charge is 0.261 e. The fourth-order valence-corrected chi connectivity index (χ4v) is 5.47. The Balaban J connectivity index is 1.47. The number of amides is 1. The predicted octanol–water partition coefficient (Wildman–Crippen LogP) is 1.60. The largest absolute Gasteiger partial charge is 0.311 e. The van der Waals surface area contributed by atoms with Gasteiger partial charge in [0, 0.05) is 19.0 Å². The first-order chi connectivity index (χ1) is 14.2. The van der Waals surface area contributed by atoms with Gasteiger partial charge in [0.15, 0.2) is 9.84 Å². The minimum Gasteiger partial charge on any atom is -0.311 e.